The van der Waals surface area contributed by atoms with Gasteiger partial charge in [-0.25, -0.2) is 0 Å². The lowest BCUT2D eigenvalue weighted by Gasteiger charge is -2.00. The lowest BCUT2D eigenvalue weighted by Crippen LogP contribution is -2.07. The lowest BCUT2D eigenvalue weighted by molar-refractivity contribution is 0.399. The molecular weight excluding hydrogens is 290 g/mol. The number of aryl methyl sites for hydroxylation is 2. The van der Waals surface area contributed by atoms with E-state index in [-0.39, 0.29) is 0 Å². The first-order valence-corrected chi connectivity index (χ1v) is 8.98. The minimum Gasteiger partial charge on any atom is -0.400 e. The number of aliphatic hydroxyl groups is 1. The molecule has 0 saturated carbocycles. The van der Waals surface area contributed by atoms with Crippen LogP contribution in [0.5, 0.6) is 0 Å². The first kappa shape index (κ1) is 26.4. The van der Waals surface area contributed by atoms with Crippen molar-refractivity contribution in [2.24, 2.45) is 5.92 Å². The third kappa shape index (κ3) is 19.5. The van der Waals surface area contributed by atoms with Crippen LogP contribution in [0, 0.1) is 5.92 Å². The van der Waals surface area contributed by atoms with Crippen LogP contribution in [0.2, 0.25) is 0 Å². The molecule has 132 valence electrons. The summed E-state index contributed by atoms with van der Waals surface area (Å²) < 4.78 is 2.76. The highest BCUT2D eigenvalue weighted by Gasteiger charge is 1.92. The van der Waals surface area contributed by atoms with Gasteiger partial charge in [-0.1, -0.05) is 85.0 Å². The molecule has 0 aliphatic heterocycles. The molecule has 1 aromatic carbocycles. The number of unbranched alkanes of at least 4 members (excludes halogenated alkanes) is 1. The molecule has 2 nitrogen and oxygen atoms in total. The third-order valence-corrected chi connectivity index (χ3v) is 2.93. The average molecular weight is 330 g/mol. The first-order chi connectivity index (χ1) is 10.6. The first-order valence-electron chi connectivity index (χ1n) is 8.53. The molecule has 0 heterocycles. The zero-order chi connectivity index (χ0) is 17.8. The molecule has 3 heteroatoms. The molecule has 0 saturated heterocycles. The van der Waals surface area contributed by atoms with Crippen molar-refractivity contribution in [1.82, 2.24) is 4.72 Å². The molecule has 2 N–H and O–H groups in total. The van der Waals surface area contributed by atoms with Crippen molar-refractivity contribution < 1.29 is 5.11 Å². The predicted molar refractivity (Wildman–Crippen MR) is 106 cm³/mol. The van der Waals surface area contributed by atoms with E-state index >= 15 is 0 Å². The van der Waals surface area contributed by atoms with Crippen LogP contribution in [0.15, 0.2) is 24.3 Å². The summed E-state index contributed by atoms with van der Waals surface area (Å²) in [4.78, 5) is 0. The van der Waals surface area contributed by atoms with Crippen LogP contribution in [0.4, 0.5) is 0 Å². The van der Waals surface area contributed by atoms with Gasteiger partial charge < -0.3 is 5.11 Å². The van der Waals surface area contributed by atoms with Crippen molar-refractivity contribution in [2.45, 2.75) is 67.2 Å². The minimum absolute atomic E-state index is 0.711. The van der Waals surface area contributed by atoms with Gasteiger partial charge in [0.1, 0.15) is 0 Å². The Bertz CT molecular complexity index is 286. The third-order valence-electron chi connectivity index (χ3n) is 2.75. The van der Waals surface area contributed by atoms with Crippen molar-refractivity contribution in [3.05, 3.63) is 35.4 Å². The summed E-state index contributed by atoms with van der Waals surface area (Å²) in [5, 5.41) is 7.00. The largest absolute Gasteiger partial charge is 0.400 e. The maximum atomic E-state index is 7.00. The topological polar surface area (TPSA) is 32.3 Å². The Kier molecular flexibility index (Phi) is 27.3. The van der Waals surface area contributed by atoms with E-state index in [2.05, 4.69) is 69.5 Å². The van der Waals surface area contributed by atoms with Gasteiger partial charge in [0.05, 0.1) is 0 Å². The summed E-state index contributed by atoms with van der Waals surface area (Å²) in [5.74, 6) is 0.711. The predicted octanol–water partition coefficient (Wildman–Crippen LogP) is 5.30. The van der Waals surface area contributed by atoms with Crippen LogP contribution in [-0.2, 0) is 12.8 Å². The van der Waals surface area contributed by atoms with Crippen molar-refractivity contribution in [3.8, 4) is 0 Å². The number of nitrogens with one attached hydrogen (secondary N) is 1. The molecule has 1 rings (SSSR count). The molecule has 0 aliphatic carbocycles. The SMILES string of the molecule is CC.CC(C)CNS.CCCCc1ccc(CC)cc1.CO. The Morgan fingerprint density at radius 1 is 1.00 bits per heavy atom. The monoisotopic (exact) mass is 329 g/mol. The van der Waals surface area contributed by atoms with Crippen molar-refractivity contribution in [2.75, 3.05) is 13.7 Å². The zero-order valence-electron chi connectivity index (χ0n) is 15.8. The Morgan fingerprint density at radius 3 is 1.73 bits per heavy atom. The highest BCUT2D eigenvalue weighted by molar-refractivity contribution is 7.78. The van der Waals surface area contributed by atoms with Crippen LogP contribution >= 0.6 is 12.8 Å². The smallest absolute Gasteiger partial charge is 0.0319 e. The highest BCUT2D eigenvalue weighted by atomic mass is 32.1. The second kappa shape index (κ2) is 22.8. The van der Waals surface area contributed by atoms with E-state index in [1.165, 1.54) is 30.4 Å². The van der Waals surface area contributed by atoms with Crippen molar-refractivity contribution >= 4 is 12.8 Å². The van der Waals surface area contributed by atoms with Crippen LogP contribution in [0.1, 0.15) is 65.5 Å². The molecule has 0 bridgehead atoms. The van der Waals surface area contributed by atoms with Crippen LogP contribution < -0.4 is 4.72 Å². The molecule has 1 aromatic rings. The second-order valence-electron chi connectivity index (χ2n) is 5.03. The van der Waals surface area contributed by atoms with Crippen molar-refractivity contribution in [1.29, 1.82) is 0 Å². The summed E-state index contributed by atoms with van der Waals surface area (Å²) in [5.41, 5.74) is 2.92. The molecule has 0 radical (unpaired) electrons. The van der Waals surface area contributed by atoms with Crippen LogP contribution in [-0.4, -0.2) is 18.8 Å². The number of aliphatic hydroxyl groups excluding tert-OH is 1. The minimum atomic E-state index is 0.711. The van der Waals surface area contributed by atoms with Gasteiger partial charge in [0.15, 0.2) is 0 Å². The van der Waals surface area contributed by atoms with Crippen LogP contribution in [0.3, 0.4) is 0 Å². The normalized spacial score (nSPS) is 8.82. The Balaban J connectivity index is -0.000000306. The standard InChI is InChI=1S/C12H18.C4H11NS.C2H6.CH4O/c1-3-5-6-12-9-7-11(4-2)8-10-12;1-4(2)3-5-6;2*1-2/h7-10H,3-6H2,1-2H3;4-6H,3H2,1-2H3;1-2H3;2H,1H3. The number of benzene rings is 1. The molecule has 0 amide bonds. The fourth-order valence-electron chi connectivity index (χ4n) is 1.51. The Labute approximate surface area is 145 Å². The Morgan fingerprint density at radius 2 is 1.45 bits per heavy atom. The number of rotatable bonds is 6. The van der Waals surface area contributed by atoms with E-state index in [9.17, 15) is 0 Å². The number of hydrogen-bond donors (Lipinski definition) is 3. The van der Waals surface area contributed by atoms with E-state index in [0.717, 1.165) is 20.1 Å². The van der Waals surface area contributed by atoms with E-state index in [0.29, 0.717) is 5.92 Å². The van der Waals surface area contributed by atoms with E-state index in [4.69, 9.17) is 5.11 Å². The number of thiol groups is 1. The van der Waals surface area contributed by atoms with Gasteiger partial charge >= 0.3 is 0 Å². The van der Waals surface area contributed by atoms with Gasteiger partial charge in [0, 0.05) is 13.7 Å². The fraction of sp³-hybridized carbons (Fsp3) is 0.684. The van der Waals surface area contributed by atoms with Gasteiger partial charge in [-0.3, -0.25) is 4.72 Å². The molecular formula is C19H39NOS. The molecule has 0 unspecified atom stereocenters. The zero-order valence-corrected chi connectivity index (χ0v) is 16.7. The quantitative estimate of drug-likeness (QED) is 0.619. The van der Waals surface area contributed by atoms with Crippen molar-refractivity contribution in [3.63, 3.8) is 0 Å². The highest BCUT2D eigenvalue weighted by Crippen LogP contribution is 2.07. The summed E-state index contributed by atoms with van der Waals surface area (Å²) in [6, 6.07) is 9.00. The molecule has 0 aromatic heterocycles. The average Bonchev–Trinajstić information content (AvgIpc) is 2.57. The summed E-state index contributed by atoms with van der Waals surface area (Å²) >= 11 is 3.81. The van der Waals surface area contributed by atoms with Crippen LogP contribution in [0.25, 0.3) is 0 Å². The lowest BCUT2D eigenvalue weighted by atomic mass is 10.1. The van der Waals surface area contributed by atoms with E-state index < -0.39 is 0 Å². The van der Waals surface area contributed by atoms with E-state index in [1.54, 1.807) is 0 Å². The van der Waals surface area contributed by atoms with E-state index in [1.807, 2.05) is 13.8 Å². The maximum absolute atomic E-state index is 7.00. The van der Waals surface area contributed by atoms with Gasteiger partial charge in [-0.2, -0.15) is 0 Å². The van der Waals surface area contributed by atoms with Gasteiger partial charge in [0.2, 0.25) is 0 Å². The molecule has 22 heavy (non-hydrogen) atoms. The van der Waals surface area contributed by atoms with Gasteiger partial charge in [-0.15, -0.1) is 0 Å². The fourth-order valence-corrected chi connectivity index (χ4v) is 1.87. The maximum Gasteiger partial charge on any atom is 0.0319 e. The second-order valence-corrected chi connectivity index (χ2v) is 5.35. The molecule has 0 aliphatic rings. The molecule has 0 spiro atoms. The molecule has 0 fully saturated rings. The van der Waals surface area contributed by atoms with Gasteiger partial charge in [-0.05, 0) is 36.3 Å². The summed E-state index contributed by atoms with van der Waals surface area (Å²) in [6.07, 6.45) is 4.98. The number of hydrogen-bond acceptors (Lipinski definition) is 3. The summed E-state index contributed by atoms with van der Waals surface area (Å²) in [6.45, 7) is 13.7. The summed E-state index contributed by atoms with van der Waals surface area (Å²) in [7, 11) is 1.00. The molecule has 0 atom stereocenters. The Hall–Kier alpha value is -0.510. The van der Waals surface area contributed by atoms with Gasteiger partial charge in [0.25, 0.3) is 0 Å².